The standard InChI is InChI=1S/C27H46/c1-24(2)14-26(5,6)22-12-18-16(10-20(22)24)9-17-11-21-23(13-19(17)18)27(7,8)15-25(21,3)4/h16-23H,9-15H2,1-8H3. The van der Waals surface area contributed by atoms with Crippen LogP contribution < -0.4 is 0 Å². The molecule has 154 valence electrons. The minimum atomic E-state index is 0.572. The smallest absolute Gasteiger partial charge is 0.0318 e. The lowest BCUT2D eigenvalue weighted by Gasteiger charge is -2.47. The summed E-state index contributed by atoms with van der Waals surface area (Å²) in [6.45, 7) is 20.8. The molecule has 5 aliphatic carbocycles. The van der Waals surface area contributed by atoms with Crippen molar-refractivity contribution in [1.29, 1.82) is 0 Å². The molecule has 0 spiro atoms. The van der Waals surface area contributed by atoms with Crippen LogP contribution in [0.25, 0.3) is 0 Å². The Bertz CT molecular complexity index is 566. The van der Waals surface area contributed by atoms with Crippen LogP contribution in [0.5, 0.6) is 0 Å². The van der Waals surface area contributed by atoms with Crippen molar-refractivity contribution in [2.24, 2.45) is 69.0 Å². The van der Waals surface area contributed by atoms with E-state index in [1.165, 1.54) is 12.8 Å². The average molecular weight is 371 g/mol. The van der Waals surface area contributed by atoms with Gasteiger partial charge in [-0.25, -0.2) is 0 Å². The normalized spacial score (nSPS) is 53.3. The molecule has 0 heteroatoms. The van der Waals surface area contributed by atoms with Gasteiger partial charge in [0, 0.05) is 0 Å². The third-order valence-corrected chi connectivity index (χ3v) is 11.3. The fourth-order valence-electron chi connectivity index (χ4n) is 10.9. The minimum Gasteiger partial charge on any atom is -0.0596 e. The molecule has 0 aliphatic heterocycles. The molecule has 5 fully saturated rings. The first-order chi connectivity index (χ1) is 12.3. The van der Waals surface area contributed by atoms with Gasteiger partial charge in [0.05, 0.1) is 0 Å². The van der Waals surface area contributed by atoms with Crippen LogP contribution in [0.4, 0.5) is 0 Å². The third kappa shape index (κ3) is 2.59. The van der Waals surface area contributed by atoms with Gasteiger partial charge >= 0.3 is 0 Å². The zero-order valence-corrected chi connectivity index (χ0v) is 19.6. The van der Waals surface area contributed by atoms with Gasteiger partial charge < -0.3 is 0 Å². The molecule has 0 radical (unpaired) electrons. The third-order valence-electron chi connectivity index (χ3n) is 11.3. The van der Waals surface area contributed by atoms with Crippen molar-refractivity contribution in [2.75, 3.05) is 0 Å². The van der Waals surface area contributed by atoms with Crippen molar-refractivity contribution in [3.63, 3.8) is 0 Å². The van der Waals surface area contributed by atoms with E-state index in [4.69, 9.17) is 0 Å². The van der Waals surface area contributed by atoms with E-state index in [1.54, 1.807) is 32.1 Å². The van der Waals surface area contributed by atoms with Crippen LogP contribution in [0.2, 0.25) is 0 Å². The van der Waals surface area contributed by atoms with Crippen molar-refractivity contribution in [2.45, 2.75) is 100 Å². The van der Waals surface area contributed by atoms with Gasteiger partial charge in [0.15, 0.2) is 0 Å². The van der Waals surface area contributed by atoms with Crippen LogP contribution in [-0.2, 0) is 0 Å². The summed E-state index contributed by atoms with van der Waals surface area (Å²) in [5.41, 5.74) is 2.30. The first-order valence-corrected chi connectivity index (χ1v) is 12.3. The maximum Gasteiger partial charge on any atom is -0.0318 e. The molecule has 8 atom stereocenters. The second-order valence-corrected chi connectivity index (χ2v) is 14.8. The van der Waals surface area contributed by atoms with Gasteiger partial charge in [-0.2, -0.15) is 0 Å². The Labute approximate surface area is 169 Å². The Hall–Kier alpha value is 0. The predicted molar refractivity (Wildman–Crippen MR) is 115 cm³/mol. The summed E-state index contributed by atoms with van der Waals surface area (Å²) in [5.74, 6) is 8.29. The van der Waals surface area contributed by atoms with Gasteiger partial charge in [0.2, 0.25) is 0 Å². The molecule has 0 amide bonds. The molecule has 8 unspecified atom stereocenters. The molecule has 5 saturated carbocycles. The highest BCUT2D eigenvalue weighted by molar-refractivity contribution is 5.12. The summed E-state index contributed by atoms with van der Waals surface area (Å²) in [6.07, 6.45) is 10.8. The van der Waals surface area contributed by atoms with Gasteiger partial charge in [-0.3, -0.25) is 0 Å². The first-order valence-electron chi connectivity index (χ1n) is 12.3. The van der Waals surface area contributed by atoms with Crippen molar-refractivity contribution in [3.8, 4) is 0 Å². The molecule has 0 aromatic carbocycles. The Morgan fingerprint density at radius 2 is 0.704 bits per heavy atom. The van der Waals surface area contributed by atoms with Gasteiger partial charge in [-0.05, 0) is 114 Å². The largest absolute Gasteiger partial charge is 0.0596 e. The fraction of sp³-hybridized carbons (Fsp3) is 1.00. The van der Waals surface area contributed by atoms with Crippen LogP contribution >= 0.6 is 0 Å². The molecular weight excluding hydrogens is 324 g/mol. The molecule has 0 N–H and O–H groups in total. The van der Waals surface area contributed by atoms with Crippen molar-refractivity contribution in [3.05, 3.63) is 0 Å². The van der Waals surface area contributed by atoms with E-state index in [9.17, 15) is 0 Å². The maximum atomic E-state index is 2.60. The molecule has 0 heterocycles. The molecule has 0 aromatic rings. The molecule has 5 rings (SSSR count). The Morgan fingerprint density at radius 1 is 0.407 bits per heavy atom. The number of fused-ring (bicyclic) bond motifs is 5. The van der Waals surface area contributed by atoms with E-state index in [0.717, 1.165) is 47.3 Å². The molecular formula is C27H46. The Balaban J connectivity index is 1.42. The van der Waals surface area contributed by atoms with E-state index in [2.05, 4.69) is 55.4 Å². The van der Waals surface area contributed by atoms with Crippen LogP contribution in [0, 0.1) is 69.0 Å². The molecule has 5 aliphatic rings. The van der Waals surface area contributed by atoms with Gasteiger partial charge in [0.1, 0.15) is 0 Å². The summed E-state index contributed by atoms with van der Waals surface area (Å²) < 4.78 is 0. The summed E-state index contributed by atoms with van der Waals surface area (Å²) in [6, 6.07) is 0. The second-order valence-electron chi connectivity index (χ2n) is 14.8. The van der Waals surface area contributed by atoms with Gasteiger partial charge in [-0.15, -0.1) is 0 Å². The van der Waals surface area contributed by atoms with E-state index < -0.39 is 0 Å². The van der Waals surface area contributed by atoms with E-state index in [-0.39, 0.29) is 0 Å². The first kappa shape index (κ1) is 19.0. The second kappa shape index (κ2) is 5.37. The van der Waals surface area contributed by atoms with Gasteiger partial charge in [0.25, 0.3) is 0 Å². The summed E-state index contributed by atoms with van der Waals surface area (Å²) in [5, 5.41) is 0. The quantitative estimate of drug-likeness (QED) is 0.407. The lowest BCUT2D eigenvalue weighted by Crippen LogP contribution is -2.40. The van der Waals surface area contributed by atoms with E-state index >= 15 is 0 Å². The van der Waals surface area contributed by atoms with Crippen LogP contribution in [0.3, 0.4) is 0 Å². The molecule has 0 nitrogen and oxygen atoms in total. The topological polar surface area (TPSA) is 0 Å². The lowest BCUT2D eigenvalue weighted by molar-refractivity contribution is 0.0181. The monoisotopic (exact) mass is 370 g/mol. The Kier molecular flexibility index (Phi) is 3.78. The molecule has 0 aromatic heterocycles. The summed E-state index contributed by atoms with van der Waals surface area (Å²) in [4.78, 5) is 0. The minimum absolute atomic E-state index is 0.572. The SMILES string of the molecule is CC1(C)CC(C)(C)C2CC3C(CC4CC5C(CC43)C(C)(C)CC5(C)C)CC21. The Morgan fingerprint density at radius 3 is 1.04 bits per heavy atom. The van der Waals surface area contributed by atoms with Crippen molar-refractivity contribution >= 4 is 0 Å². The van der Waals surface area contributed by atoms with Gasteiger partial charge in [-0.1, -0.05) is 55.4 Å². The number of hydrogen-bond donors (Lipinski definition) is 0. The highest BCUT2D eigenvalue weighted by atomic mass is 14.7. The fourth-order valence-corrected chi connectivity index (χ4v) is 10.9. The zero-order chi connectivity index (χ0) is 19.6. The predicted octanol–water partition coefficient (Wildman–Crippen LogP) is 7.82. The van der Waals surface area contributed by atoms with Crippen LogP contribution in [0.15, 0.2) is 0 Å². The summed E-state index contributed by atoms with van der Waals surface area (Å²) >= 11 is 0. The molecule has 0 bridgehead atoms. The maximum absolute atomic E-state index is 2.60. The van der Waals surface area contributed by atoms with Crippen LogP contribution in [0.1, 0.15) is 100 Å². The van der Waals surface area contributed by atoms with Crippen LogP contribution in [-0.4, -0.2) is 0 Å². The van der Waals surface area contributed by atoms with E-state index in [0.29, 0.717) is 21.7 Å². The molecule has 27 heavy (non-hydrogen) atoms. The van der Waals surface area contributed by atoms with Crippen molar-refractivity contribution < 1.29 is 0 Å². The number of rotatable bonds is 0. The van der Waals surface area contributed by atoms with Crippen molar-refractivity contribution in [1.82, 2.24) is 0 Å². The zero-order valence-electron chi connectivity index (χ0n) is 19.6. The highest BCUT2D eigenvalue weighted by Crippen LogP contribution is 2.71. The highest BCUT2D eigenvalue weighted by Gasteiger charge is 2.62. The average Bonchev–Trinajstić information content (AvgIpc) is 3.01. The summed E-state index contributed by atoms with van der Waals surface area (Å²) in [7, 11) is 0. The number of hydrogen-bond acceptors (Lipinski definition) is 0. The van der Waals surface area contributed by atoms with E-state index in [1.807, 2.05) is 0 Å². The molecule has 0 saturated heterocycles. The lowest BCUT2D eigenvalue weighted by atomic mass is 9.58.